The Morgan fingerprint density at radius 1 is 1.24 bits per heavy atom. The summed E-state index contributed by atoms with van der Waals surface area (Å²) in [5.41, 5.74) is 0.480. The minimum Gasteiger partial charge on any atom is -0.445 e. The Balaban J connectivity index is 2.31. The van der Waals surface area contributed by atoms with Crippen LogP contribution in [0.2, 0.25) is 0 Å². The summed E-state index contributed by atoms with van der Waals surface area (Å²) < 4.78 is 52.1. The number of carbonyl (C=O) groups excluding carboxylic acids is 1. The molecule has 0 radical (unpaired) electrons. The van der Waals surface area contributed by atoms with Crippen molar-refractivity contribution in [3.05, 3.63) is 35.6 Å². The molecular formula is C10H9F4NO2. The number of halogens is 4. The number of ether oxygens (including phenoxy) is 1. The number of alkyl halides is 3. The summed E-state index contributed by atoms with van der Waals surface area (Å²) >= 11 is 0. The molecule has 0 heterocycles. The first-order chi connectivity index (χ1) is 7.87. The van der Waals surface area contributed by atoms with Crippen LogP contribution in [0.1, 0.15) is 5.56 Å². The molecule has 17 heavy (non-hydrogen) atoms. The van der Waals surface area contributed by atoms with Gasteiger partial charge in [0.25, 0.3) is 0 Å². The number of hydrogen-bond acceptors (Lipinski definition) is 2. The van der Waals surface area contributed by atoms with E-state index >= 15 is 0 Å². The number of nitrogens with one attached hydrogen (secondary N) is 1. The summed E-state index contributed by atoms with van der Waals surface area (Å²) in [4.78, 5) is 10.8. The largest absolute Gasteiger partial charge is 0.445 e. The molecule has 0 fully saturated rings. The van der Waals surface area contributed by atoms with Crippen LogP contribution in [0.25, 0.3) is 0 Å². The maximum absolute atomic E-state index is 12.5. The van der Waals surface area contributed by atoms with E-state index in [1.165, 1.54) is 12.1 Å². The highest BCUT2D eigenvalue weighted by molar-refractivity contribution is 5.67. The van der Waals surface area contributed by atoms with Gasteiger partial charge < -0.3 is 10.1 Å². The van der Waals surface area contributed by atoms with Crippen LogP contribution in [-0.2, 0) is 11.3 Å². The third-order valence-corrected chi connectivity index (χ3v) is 1.72. The number of rotatable bonds is 3. The van der Waals surface area contributed by atoms with Gasteiger partial charge in [0, 0.05) is 0 Å². The molecule has 0 aliphatic heterocycles. The summed E-state index contributed by atoms with van der Waals surface area (Å²) in [7, 11) is 0. The van der Waals surface area contributed by atoms with Gasteiger partial charge in [-0.15, -0.1) is 0 Å². The summed E-state index contributed by atoms with van der Waals surface area (Å²) in [5.74, 6) is -0.449. The van der Waals surface area contributed by atoms with Crippen molar-refractivity contribution in [1.82, 2.24) is 5.32 Å². The topological polar surface area (TPSA) is 38.3 Å². The van der Waals surface area contributed by atoms with E-state index < -0.39 is 24.6 Å². The van der Waals surface area contributed by atoms with Crippen molar-refractivity contribution in [2.45, 2.75) is 12.8 Å². The third kappa shape index (κ3) is 5.74. The summed E-state index contributed by atoms with van der Waals surface area (Å²) in [6.07, 6.45) is -5.65. The second kappa shape index (κ2) is 5.51. The number of benzene rings is 1. The molecule has 0 saturated heterocycles. The molecule has 7 heteroatoms. The van der Waals surface area contributed by atoms with Crippen LogP contribution >= 0.6 is 0 Å². The average Bonchev–Trinajstić information content (AvgIpc) is 2.25. The molecule has 0 spiro atoms. The van der Waals surface area contributed by atoms with Gasteiger partial charge in [-0.25, -0.2) is 9.18 Å². The second-order valence-electron chi connectivity index (χ2n) is 3.17. The molecule has 3 nitrogen and oxygen atoms in total. The molecule has 0 bridgehead atoms. The quantitative estimate of drug-likeness (QED) is 0.838. The van der Waals surface area contributed by atoms with Crippen molar-refractivity contribution < 1.29 is 27.1 Å². The van der Waals surface area contributed by atoms with E-state index in [9.17, 15) is 22.4 Å². The van der Waals surface area contributed by atoms with E-state index in [1.54, 1.807) is 5.32 Å². The van der Waals surface area contributed by atoms with Gasteiger partial charge in [-0.1, -0.05) is 12.1 Å². The fourth-order valence-corrected chi connectivity index (χ4v) is 0.953. The Morgan fingerprint density at radius 2 is 1.82 bits per heavy atom. The molecule has 94 valence electrons. The van der Waals surface area contributed by atoms with E-state index in [1.807, 2.05) is 0 Å². The van der Waals surface area contributed by atoms with Crippen molar-refractivity contribution in [3.8, 4) is 0 Å². The second-order valence-corrected chi connectivity index (χ2v) is 3.17. The number of alkyl carbamates (subject to hydrolysis) is 1. The Bertz CT molecular complexity index is 375. The normalized spacial score (nSPS) is 11.1. The lowest BCUT2D eigenvalue weighted by atomic mass is 10.2. The zero-order chi connectivity index (χ0) is 12.9. The number of amides is 1. The maximum Gasteiger partial charge on any atom is 0.407 e. The zero-order valence-corrected chi connectivity index (χ0v) is 8.55. The van der Waals surface area contributed by atoms with Gasteiger partial charge >= 0.3 is 12.3 Å². The molecular weight excluding hydrogens is 242 g/mol. The lowest BCUT2D eigenvalue weighted by molar-refractivity contribution is -0.123. The minimum atomic E-state index is -4.48. The average molecular weight is 251 g/mol. The molecule has 1 aromatic rings. The van der Waals surface area contributed by atoms with E-state index in [2.05, 4.69) is 4.74 Å². The van der Waals surface area contributed by atoms with Gasteiger partial charge in [0.15, 0.2) is 0 Å². The highest BCUT2D eigenvalue weighted by atomic mass is 19.4. The van der Waals surface area contributed by atoms with Gasteiger partial charge in [0.05, 0.1) is 0 Å². The number of carbonyl (C=O) groups is 1. The lowest BCUT2D eigenvalue weighted by Gasteiger charge is -2.09. The van der Waals surface area contributed by atoms with E-state index in [0.29, 0.717) is 5.56 Å². The Kier molecular flexibility index (Phi) is 4.30. The molecule has 1 aromatic carbocycles. The van der Waals surface area contributed by atoms with Gasteiger partial charge in [-0.2, -0.15) is 13.2 Å². The molecule has 1 amide bonds. The van der Waals surface area contributed by atoms with Crippen LogP contribution in [0.15, 0.2) is 24.3 Å². The Morgan fingerprint density at radius 3 is 2.35 bits per heavy atom. The molecule has 0 unspecified atom stereocenters. The standard InChI is InChI=1S/C10H9F4NO2/c11-8-3-1-7(2-4-8)5-17-9(16)15-6-10(12,13)14/h1-4H,5-6H2,(H,15,16). The predicted octanol–water partition coefficient (Wildman–Crippen LogP) is 2.61. The highest BCUT2D eigenvalue weighted by Crippen LogP contribution is 2.12. The monoisotopic (exact) mass is 251 g/mol. The first kappa shape index (κ1) is 13.3. The van der Waals surface area contributed by atoms with Crippen LogP contribution in [0, 0.1) is 5.82 Å². The van der Waals surface area contributed by atoms with Gasteiger partial charge in [0.1, 0.15) is 19.0 Å². The third-order valence-electron chi connectivity index (χ3n) is 1.72. The van der Waals surface area contributed by atoms with Crippen molar-refractivity contribution in [2.24, 2.45) is 0 Å². The molecule has 0 aliphatic rings. The molecule has 0 aliphatic carbocycles. The van der Waals surface area contributed by atoms with Crippen LogP contribution < -0.4 is 5.32 Å². The molecule has 0 saturated carbocycles. The smallest absolute Gasteiger partial charge is 0.407 e. The highest BCUT2D eigenvalue weighted by Gasteiger charge is 2.27. The predicted molar refractivity (Wildman–Crippen MR) is 50.6 cm³/mol. The van der Waals surface area contributed by atoms with Crippen LogP contribution in [0.3, 0.4) is 0 Å². The molecule has 0 atom stereocenters. The van der Waals surface area contributed by atoms with E-state index in [-0.39, 0.29) is 6.61 Å². The van der Waals surface area contributed by atoms with Crippen LogP contribution in [0.5, 0.6) is 0 Å². The maximum atomic E-state index is 12.5. The Labute approximate surface area is 94.4 Å². The Hall–Kier alpha value is -1.79. The lowest BCUT2D eigenvalue weighted by Crippen LogP contribution is -2.34. The fourth-order valence-electron chi connectivity index (χ4n) is 0.953. The van der Waals surface area contributed by atoms with Crippen LogP contribution in [-0.4, -0.2) is 18.8 Å². The molecule has 1 rings (SSSR count). The first-order valence-electron chi connectivity index (χ1n) is 4.58. The van der Waals surface area contributed by atoms with Crippen molar-refractivity contribution >= 4 is 6.09 Å². The van der Waals surface area contributed by atoms with Gasteiger partial charge in [0.2, 0.25) is 0 Å². The van der Waals surface area contributed by atoms with Gasteiger partial charge in [-0.3, -0.25) is 0 Å². The van der Waals surface area contributed by atoms with E-state index in [4.69, 9.17) is 0 Å². The summed E-state index contributed by atoms with van der Waals surface area (Å²) in [5, 5.41) is 1.54. The van der Waals surface area contributed by atoms with Crippen LogP contribution in [0.4, 0.5) is 22.4 Å². The van der Waals surface area contributed by atoms with Crippen molar-refractivity contribution in [3.63, 3.8) is 0 Å². The minimum absolute atomic E-state index is 0.218. The van der Waals surface area contributed by atoms with Gasteiger partial charge in [-0.05, 0) is 17.7 Å². The molecule has 1 N–H and O–H groups in total. The van der Waals surface area contributed by atoms with Crippen molar-refractivity contribution in [2.75, 3.05) is 6.54 Å². The molecule has 0 aromatic heterocycles. The SMILES string of the molecule is O=C(NCC(F)(F)F)OCc1ccc(F)cc1. The fraction of sp³-hybridized carbons (Fsp3) is 0.300. The number of hydrogen-bond donors (Lipinski definition) is 1. The summed E-state index contributed by atoms with van der Waals surface area (Å²) in [6, 6.07) is 5.05. The first-order valence-corrected chi connectivity index (χ1v) is 4.58. The van der Waals surface area contributed by atoms with Crippen molar-refractivity contribution in [1.29, 1.82) is 0 Å². The summed E-state index contributed by atoms with van der Waals surface area (Å²) in [6.45, 7) is -1.67. The van der Waals surface area contributed by atoms with E-state index in [0.717, 1.165) is 12.1 Å². The zero-order valence-electron chi connectivity index (χ0n) is 8.55.